The molecule has 0 aliphatic rings. The molecule has 3 aromatic heterocycles. The predicted octanol–water partition coefficient (Wildman–Crippen LogP) is 2.93. The number of hydrogen-bond donors (Lipinski definition) is 1. The summed E-state index contributed by atoms with van der Waals surface area (Å²) in [7, 11) is 0. The Kier molecular flexibility index (Phi) is 3.54. The molecule has 0 unspecified atom stereocenters. The fraction of sp³-hybridized carbons (Fsp3) is 0.0625. The molecule has 25 heavy (non-hydrogen) atoms. The zero-order chi connectivity index (χ0) is 17.6. The lowest BCUT2D eigenvalue weighted by Crippen LogP contribution is -2.05. The zero-order valence-corrected chi connectivity index (χ0v) is 13.7. The molecule has 3 heterocycles. The quantitative estimate of drug-likeness (QED) is 0.555. The number of hydrogen-bond acceptors (Lipinski definition) is 6. The second kappa shape index (κ2) is 5.75. The molecule has 1 aromatic carbocycles. The molecule has 0 aliphatic heterocycles. The molecule has 0 radical (unpaired) electrons. The van der Waals surface area contributed by atoms with Crippen LogP contribution in [0.15, 0.2) is 36.4 Å². The highest BCUT2D eigenvalue weighted by Gasteiger charge is 2.19. The fourth-order valence-corrected chi connectivity index (χ4v) is 2.90. The molecule has 0 atom stereocenters. The third kappa shape index (κ3) is 2.66. The van der Waals surface area contributed by atoms with Crippen LogP contribution in [0.5, 0.6) is 0 Å². The van der Waals surface area contributed by atoms with Gasteiger partial charge in [0.25, 0.3) is 0 Å². The van der Waals surface area contributed by atoms with Gasteiger partial charge in [0.15, 0.2) is 5.82 Å². The summed E-state index contributed by atoms with van der Waals surface area (Å²) < 4.78 is 14.8. The van der Waals surface area contributed by atoms with Crippen LogP contribution in [-0.4, -0.2) is 30.0 Å². The molecule has 7 nitrogen and oxygen atoms in total. The zero-order valence-electron chi connectivity index (χ0n) is 13.0. The van der Waals surface area contributed by atoms with E-state index in [0.717, 1.165) is 5.69 Å². The molecular formula is C16H11ClFN7. The molecule has 0 spiro atoms. The maximum atomic E-state index is 13.3. The fourth-order valence-electron chi connectivity index (χ4n) is 2.65. The highest BCUT2D eigenvalue weighted by Crippen LogP contribution is 2.33. The number of halogens is 2. The van der Waals surface area contributed by atoms with E-state index in [1.165, 1.54) is 16.6 Å². The number of aryl methyl sites for hydroxylation is 1. The summed E-state index contributed by atoms with van der Waals surface area (Å²) >= 11 is 6.09. The highest BCUT2D eigenvalue weighted by atomic mass is 35.5. The molecule has 0 saturated carbocycles. The molecule has 2 N–H and O–H groups in total. The Morgan fingerprint density at radius 1 is 1.08 bits per heavy atom. The molecule has 0 amide bonds. The number of aromatic nitrogens is 6. The molecule has 124 valence electrons. The number of rotatable bonds is 2. The van der Waals surface area contributed by atoms with Gasteiger partial charge < -0.3 is 5.73 Å². The summed E-state index contributed by atoms with van der Waals surface area (Å²) in [6, 6.07) is 9.48. The number of nitrogens with zero attached hydrogens (tertiary/aromatic N) is 6. The van der Waals surface area contributed by atoms with E-state index in [-0.39, 0.29) is 11.6 Å². The van der Waals surface area contributed by atoms with Crippen LogP contribution in [0.1, 0.15) is 5.69 Å². The normalized spacial score (nSPS) is 11.2. The molecule has 9 heteroatoms. The molecule has 4 rings (SSSR count). The van der Waals surface area contributed by atoms with Gasteiger partial charge in [0, 0.05) is 16.8 Å². The van der Waals surface area contributed by atoms with E-state index in [9.17, 15) is 4.39 Å². The van der Waals surface area contributed by atoms with E-state index in [0.29, 0.717) is 33.3 Å². The summed E-state index contributed by atoms with van der Waals surface area (Å²) in [6.45, 7) is 1.83. The SMILES string of the molecule is Cc1cc(-c2nc(N)c3nnnn3c2-c2ccc(F)cc2)cc(Cl)n1. The Bertz CT molecular complexity index is 1070. The first kappa shape index (κ1) is 15.4. The van der Waals surface area contributed by atoms with Crippen LogP contribution >= 0.6 is 11.6 Å². The van der Waals surface area contributed by atoms with Gasteiger partial charge in [-0.05, 0) is 53.7 Å². The van der Waals surface area contributed by atoms with Crippen LogP contribution < -0.4 is 5.73 Å². The Labute approximate surface area is 146 Å². The molecule has 4 aromatic rings. The first-order valence-corrected chi connectivity index (χ1v) is 7.69. The summed E-state index contributed by atoms with van der Waals surface area (Å²) in [5.74, 6) is -0.166. The summed E-state index contributed by atoms with van der Waals surface area (Å²) in [5.41, 5.74) is 9.55. The van der Waals surface area contributed by atoms with E-state index in [4.69, 9.17) is 17.3 Å². The third-order valence-electron chi connectivity index (χ3n) is 3.68. The van der Waals surface area contributed by atoms with Crippen molar-refractivity contribution in [1.29, 1.82) is 0 Å². The Hall–Kier alpha value is -3.13. The third-order valence-corrected chi connectivity index (χ3v) is 3.87. The Morgan fingerprint density at radius 2 is 1.84 bits per heavy atom. The van der Waals surface area contributed by atoms with E-state index in [2.05, 4.69) is 25.5 Å². The number of pyridine rings is 1. The van der Waals surface area contributed by atoms with Gasteiger partial charge in [-0.25, -0.2) is 14.4 Å². The Morgan fingerprint density at radius 3 is 2.56 bits per heavy atom. The van der Waals surface area contributed by atoms with E-state index in [1.807, 2.05) is 13.0 Å². The average molecular weight is 356 g/mol. The van der Waals surface area contributed by atoms with Crippen molar-refractivity contribution in [1.82, 2.24) is 30.0 Å². The van der Waals surface area contributed by atoms with Crippen LogP contribution in [0.25, 0.3) is 28.2 Å². The van der Waals surface area contributed by atoms with Gasteiger partial charge >= 0.3 is 0 Å². The largest absolute Gasteiger partial charge is 0.380 e. The summed E-state index contributed by atoms with van der Waals surface area (Å²) in [5, 5.41) is 11.9. The van der Waals surface area contributed by atoms with Crippen molar-refractivity contribution in [3.05, 3.63) is 53.1 Å². The number of anilines is 1. The van der Waals surface area contributed by atoms with Gasteiger partial charge in [-0.3, -0.25) is 0 Å². The molecule has 0 aliphatic carbocycles. The van der Waals surface area contributed by atoms with E-state index >= 15 is 0 Å². The van der Waals surface area contributed by atoms with Gasteiger partial charge in [0.2, 0.25) is 5.65 Å². The molecule has 0 saturated heterocycles. The topological polar surface area (TPSA) is 94.9 Å². The van der Waals surface area contributed by atoms with E-state index < -0.39 is 0 Å². The number of fused-ring (bicyclic) bond motifs is 1. The molecular weight excluding hydrogens is 345 g/mol. The van der Waals surface area contributed by atoms with Gasteiger partial charge in [-0.1, -0.05) is 11.6 Å². The molecule has 0 bridgehead atoms. The second-order valence-electron chi connectivity index (χ2n) is 5.44. The van der Waals surface area contributed by atoms with Crippen LogP contribution in [0, 0.1) is 12.7 Å². The number of tetrazole rings is 1. The minimum Gasteiger partial charge on any atom is -0.380 e. The van der Waals surface area contributed by atoms with E-state index in [1.54, 1.807) is 18.2 Å². The standard InChI is InChI=1S/C16H11ClFN7/c1-8-6-10(7-12(17)20-8)13-14(9-2-4-11(18)5-3-9)25-16(15(19)21-13)22-23-24-25/h2-7H,1H3,(H2,19,21). The molecule has 0 fully saturated rings. The number of nitrogens with two attached hydrogens (primary N) is 1. The average Bonchev–Trinajstić information content (AvgIpc) is 3.05. The van der Waals surface area contributed by atoms with Gasteiger partial charge in [-0.2, -0.15) is 4.52 Å². The van der Waals surface area contributed by atoms with Gasteiger partial charge in [-0.15, -0.1) is 5.10 Å². The van der Waals surface area contributed by atoms with Gasteiger partial charge in [0.1, 0.15) is 16.7 Å². The first-order valence-electron chi connectivity index (χ1n) is 7.31. The lowest BCUT2D eigenvalue weighted by Gasteiger charge is -2.12. The van der Waals surface area contributed by atoms with Crippen molar-refractivity contribution < 1.29 is 4.39 Å². The number of nitrogen functional groups attached to an aromatic ring is 1. The minimum atomic E-state index is -0.343. The van der Waals surface area contributed by atoms with Crippen molar-refractivity contribution in [2.24, 2.45) is 0 Å². The van der Waals surface area contributed by atoms with Crippen LogP contribution in [0.2, 0.25) is 5.15 Å². The minimum absolute atomic E-state index is 0.177. The first-order chi connectivity index (χ1) is 12.0. The number of benzene rings is 1. The highest BCUT2D eigenvalue weighted by molar-refractivity contribution is 6.29. The van der Waals surface area contributed by atoms with Crippen molar-refractivity contribution in [3.63, 3.8) is 0 Å². The van der Waals surface area contributed by atoms with Crippen LogP contribution in [0.3, 0.4) is 0 Å². The van der Waals surface area contributed by atoms with Crippen molar-refractivity contribution >= 4 is 23.1 Å². The maximum absolute atomic E-state index is 13.3. The van der Waals surface area contributed by atoms with Crippen molar-refractivity contribution in [2.45, 2.75) is 6.92 Å². The predicted molar refractivity (Wildman–Crippen MR) is 91.4 cm³/mol. The van der Waals surface area contributed by atoms with Crippen molar-refractivity contribution in [3.8, 4) is 22.5 Å². The summed E-state index contributed by atoms with van der Waals surface area (Å²) in [4.78, 5) is 8.62. The van der Waals surface area contributed by atoms with Crippen molar-refractivity contribution in [2.75, 3.05) is 5.73 Å². The lowest BCUT2D eigenvalue weighted by molar-refractivity contribution is 0.628. The Balaban J connectivity index is 2.09. The second-order valence-corrected chi connectivity index (χ2v) is 5.82. The summed E-state index contributed by atoms with van der Waals surface area (Å²) in [6.07, 6.45) is 0. The monoisotopic (exact) mass is 355 g/mol. The smallest absolute Gasteiger partial charge is 0.222 e. The van der Waals surface area contributed by atoms with Crippen LogP contribution in [0.4, 0.5) is 10.2 Å². The lowest BCUT2D eigenvalue weighted by atomic mass is 10.0. The van der Waals surface area contributed by atoms with Gasteiger partial charge in [0.05, 0.1) is 5.69 Å². The maximum Gasteiger partial charge on any atom is 0.222 e. The van der Waals surface area contributed by atoms with Crippen LogP contribution in [-0.2, 0) is 0 Å².